The number of halogens is 1. The molecule has 0 aliphatic carbocycles. The Morgan fingerprint density at radius 3 is 2.63 bits per heavy atom. The summed E-state index contributed by atoms with van der Waals surface area (Å²) in [6.45, 7) is 1.94. The number of carbonyl (C=O) groups is 1. The fourth-order valence-corrected chi connectivity index (χ4v) is 5.82. The van der Waals surface area contributed by atoms with E-state index in [-0.39, 0.29) is 11.7 Å². The number of pyridine rings is 1. The summed E-state index contributed by atoms with van der Waals surface area (Å²) in [6, 6.07) is 22.8. The summed E-state index contributed by atoms with van der Waals surface area (Å²) in [5.41, 5.74) is 7.86. The quantitative estimate of drug-likeness (QED) is 0.183. The Labute approximate surface area is 236 Å². The predicted octanol–water partition coefficient (Wildman–Crippen LogP) is 6.91. The number of nitrogens with one attached hydrogen (secondary N) is 4. The third-order valence-electron chi connectivity index (χ3n) is 7.91. The number of aromatic nitrogens is 4. The molecule has 0 bridgehead atoms. The average Bonchev–Trinajstić information content (AvgIpc) is 3.61. The van der Waals surface area contributed by atoms with Gasteiger partial charge in [-0.05, 0) is 91.0 Å². The van der Waals surface area contributed by atoms with E-state index < -0.39 is 0 Å². The Balaban J connectivity index is 1.19. The number of H-pyrrole nitrogens is 2. The lowest BCUT2D eigenvalue weighted by molar-refractivity contribution is -0.117. The van der Waals surface area contributed by atoms with Crippen LogP contribution in [0.15, 0.2) is 85.2 Å². The number of nitrogens with zero attached hydrogens (tertiary/aromatic N) is 2. The van der Waals surface area contributed by atoms with E-state index in [4.69, 9.17) is 0 Å². The number of fused-ring (bicyclic) bond motifs is 2. The third kappa shape index (κ3) is 5.10. The van der Waals surface area contributed by atoms with Gasteiger partial charge < -0.3 is 15.6 Å². The van der Waals surface area contributed by atoms with Gasteiger partial charge in [0.05, 0.1) is 23.1 Å². The average molecular weight is 545 g/mol. The molecular formula is C33H29FN6O. The van der Waals surface area contributed by atoms with Crippen LogP contribution in [0.3, 0.4) is 0 Å². The molecule has 1 fully saturated rings. The summed E-state index contributed by atoms with van der Waals surface area (Å²) in [6.07, 6.45) is 6.08. The van der Waals surface area contributed by atoms with Crippen molar-refractivity contribution >= 4 is 33.4 Å². The van der Waals surface area contributed by atoms with Gasteiger partial charge in [-0.25, -0.2) is 4.39 Å². The molecule has 7 nitrogen and oxygen atoms in total. The molecule has 204 valence electrons. The van der Waals surface area contributed by atoms with Gasteiger partial charge in [-0.3, -0.25) is 14.9 Å². The molecule has 7 rings (SSSR count). The van der Waals surface area contributed by atoms with Crippen LogP contribution in [-0.2, 0) is 4.79 Å². The first-order chi connectivity index (χ1) is 20.1. The molecule has 3 aromatic heterocycles. The highest BCUT2D eigenvalue weighted by Crippen LogP contribution is 2.35. The number of rotatable bonds is 6. The standard InChI is InChI=1S/C33H29FN6O/c34-24-4-1-3-22(14-24)26-5-2-6-29-27(26)17-31(38-29)33-28-16-21(7-8-30(28)39-40-33)23-15-25(19-36-18-23)37-32(41)13-20-9-11-35-12-10-20/h1-8,14-20,35,38H,9-13H2,(H,37,41)(H,39,40). The summed E-state index contributed by atoms with van der Waals surface area (Å²) in [5.74, 6) is 0.185. The number of hydrogen-bond donors (Lipinski definition) is 4. The summed E-state index contributed by atoms with van der Waals surface area (Å²) in [4.78, 5) is 20.6. The van der Waals surface area contributed by atoms with Gasteiger partial charge in [0.1, 0.15) is 11.5 Å². The highest BCUT2D eigenvalue weighted by Gasteiger charge is 2.18. The van der Waals surface area contributed by atoms with E-state index >= 15 is 0 Å². The SMILES string of the molecule is O=C(CC1CCNCC1)Nc1cncc(-c2ccc3[nH]nc(-c4cc5c(-c6cccc(F)c6)cccc5[nH]4)c3c2)c1. The number of benzene rings is 3. The second-order valence-electron chi connectivity index (χ2n) is 10.7. The van der Waals surface area contributed by atoms with Crippen LogP contribution in [-0.4, -0.2) is 39.2 Å². The van der Waals surface area contributed by atoms with Gasteiger partial charge in [-0.2, -0.15) is 5.10 Å². The van der Waals surface area contributed by atoms with Crippen LogP contribution in [0.1, 0.15) is 19.3 Å². The highest BCUT2D eigenvalue weighted by atomic mass is 19.1. The molecule has 4 heterocycles. The van der Waals surface area contributed by atoms with E-state index in [0.29, 0.717) is 18.0 Å². The van der Waals surface area contributed by atoms with Crippen LogP contribution in [0.2, 0.25) is 0 Å². The molecule has 6 aromatic rings. The van der Waals surface area contributed by atoms with Crippen molar-refractivity contribution in [1.82, 2.24) is 25.5 Å². The maximum absolute atomic E-state index is 14.0. The zero-order valence-electron chi connectivity index (χ0n) is 22.4. The topological polar surface area (TPSA) is 98.5 Å². The van der Waals surface area contributed by atoms with Gasteiger partial charge in [0.25, 0.3) is 0 Å². The maximum atomic E-state index is 14.0. The molecule has 1 aliphatic rings. The summed E-state index contributed by atoms with van der Waals surface area (Å²) < 4.78 is 14.0. The molecule has 8 heteroatoms. The van der Waals surface area contributed by atoms with Crippen molar-refractivity contribution in [3.05, 3.63) is 91.0 Å². The van der Waals surface area contributed by atoms with E-state index in [0.717, 1.165) is 81.4 Å². The number of anilines is 1. The van der Waals surface area contributed by atoms with Gasteiger partial charge in [0.15, 0.2) is 0 Å². The minimum Gasteiger partial charge on any atom is -0.353 e. The van der Waals surface area contributed by atoms with Crippen LogP contribution < -0.4 is 10.6 Å². The molecular weight excluding hydrogens is 515 g/mol. The van der Waals surface area contributed by atoms with Crippen LogP contribution >= 0.6 is 0 Å². The van der Waals surface area contributed by atoms with Crippen molar-refractivity contribution in [1.29, 1.82) is 0 Å². The molecule has 4 N–H and O–H groups in total. The lowest BCUT2D eigenvalue weighted by Gasteiger charge is -2.21. The van der Waals surface area contributed by atoms with E-state index in [9.17, 15) is 9.18 Å². The first-order valence-corrected chi connectivity index (χ1v) is 13.9. The van der Waals surface area contributed by atoms with Crippen molar-refractivity contribution in [2.24, 2.45) is 5.92 Å². The van der Waals surface area contributed by atoms with Crippen LogP contribution in [0.5, 0.6) is 0 Å². The zero-order chi connectivity index (χ0) is 27.8. The fourth-order valence-electron chi connectivity index (χ4n) is 5.82. The van der Waals surface area contributed by atoms with E-state index in [1.807, 2.05) is 42.5 Å². The maximum Gasteiger partial charge on any atom is 0.224 e. The molecule has 1 amide bonds. The van der Waals surface area contributed by atoms with Crippen LogP contribution in [0.4, 0.5) is 10.1 Å². The van der Waals surface area contributed by atoms with Crippen molar-refractivity contribution in [2.45, 2.75) is 19.3 Å². The zero-order valence-corrected chi connectivity index (χ0v) is 22.4. The molecule has 0 unspecified atom stereocenters. The predicted molar refractivity (Wildman–Crippen MR) is 161 cm³/mol. The monoisotopic (exact) mass is 544 g/mol. The molecule has 0 spiro atoms. The lowest BCUT2D eigenvalue weighted by Crippen LogP contribution is -2.30. The van der Waals surface area contributed by atoms with E-state index in [2.05, 4.69) is 42.9 Å². The molecule has 0 saturated carbocycles. The van der Waals surface area contributed by atoms with Crippen molar-refractivity contribution in [2.75, 3.05) is 18.4 Å². The third-order valence-corrected chi connectivity index (χ3v) is 7.91. The molecule has 1 aliphatic heterocycles. The smallest absolute Gasteiger partial charge is 0.224 e. The van der Waals surface area contributed by atoms with Gasteiger partial charge in [0.2, 0.25) is 5.91 Å². The normalized spacial score (nSPS) is 14.1. The number of carbonyl (C=O) groups excluding carboxylic acids is 1. The highest BCUT2D eigenvalue weighted by molar-refractivity contribution is 6.02. The minimum absolute atomic E-state index is 0.0276. The van der Waals surface area contributed by atoms with Crippen LogP contribution in [0.25, 0.3) is 55.4 Å². The summed E-state index contributed by atoms with van der Waals surface area (Å²) in [7, 11) is 0. The summed E-state index contributed by atoms with van der Waals surface area (Å²) >= 11 is 0. The van der Waals surface area contributed by atoms with Crippen molar-refractivity contribution in [3.63, 3.8) is 0 Å². The Morgan fingerprint density at radius 2 is 1.76 bits per heavy atom. The van der Waals surface area contributed by atoms with Crippen molar-refractivity contribution < 1.29 is 9.18 Å². The first kappa shape index (κ1) is 25.2. The van der Waals surface area contributed by atoms with Gasteiger partial charge in [0, 0.05) is 34.5 Å². The summed E-state index contributed by atoms with van der Waals surface area (Å²) in [5, 5.41) is 16.1. The lowest BCUT2D eigenvalue weighted by atomic mass is 9.94. The Bertz CT molecular complexity index is 1880. The number of hydrogen-bond acceptors (Lipinski definition) is 4. The van der Waals surface area contributed by atoms with Gasteiger partial charge in [-0.15, -0.1) is 0 Å². The number of piperidine rings is 1. The molecule has 1 saturated heterocycles. The molecule has 0 atom stereocenters. The molecule has 41 heavy (non-hydrogen) atoms. The largest absolute Gasteiger partial charge is 0.353 e. The second-order valence-corrected chi connectivity index (χ2v) is 10.7. The Morgan fingerprint density at radius 1 is 0.878 bits per heavy atom. The van der Waals surface area contributed by atoms with Crippen molar-refractivity contribution in [3.8, 4) is 33.6 Å². The molecule has 3 aromatic carbocycles. The second kappa shape index (κ2) is 10.6. The van der Waals surface area contributed by atoms with E-state index in [1.54, 1.807) is 24.5 Å². The number of amides is 1. The fraction of sp³-hybridized carbons (Fsp3) is 0.182. The number of aromatic amines is 2. The van der Waals surface area contributed by atoms with Gasteiger partial charge >= 0.3 is 0 Å². The van der Waals surface area contributed by atoms with Crippen LogP contribution in [0, 0.1) is 11.7 Å². The Kier molecular flexibility index (Phi) is 6.53. The Hall–Kier alpha value is -4.82. The minimum atomic E-state index is -0.263. The first-order valence-electron chi connectivity index (χ1n) is 13.9. The molecule has 0 radical (unpaired) electrons. The van der Waals surface area contributed by atoms with E-state index in [1.165, 1.54) is 6.07 Å². The van der Waals surface area contributed by atoms with Gasteiger partial charge in [-0.1, -0.05) is 30.3 Å².